The number of fused-ring (bicyclic) bond motifs is 1. The minimum absolute atomic E-state index is 0.0694. The van der Waals surface area contributed by atoms with E-state index in [-0.39, 0.29) is 6.61 Å². The molecule has 4 aromatic rings. The van der Waals surface area contributed by atoms with Crippen molar-refractivity contribution in [3.05, 3.63) is 67.3 Å². The number of hydrogen-bond donors (Lipinski definition) is 2. The summed E-state index contributed by atoms with van der Waals surface area (Å²) < 4.78 is 12.0. The van der Waals surface area contributed by atoms with Crippen LogP contribution in [0.1, 0.15) is 57.5 Å². The van der Waals surface area contributed by atoms with Gasteiger partial charge in [-0.2, -0.15) is 4.37 Å². The van der Waals surface area contributed by atoms with Crippen molar-refractivity contribution in [2.45, 2.75) is 43.6 Å². The zero-order valence-electron chi connectivity index (χ0n) is 18.8. The Morgan fingerprint density at radius 2 is 1.94 bits per heavy atom. The van der Waals surface area contributed by atoms with Crippen LogP contribution in [0.15, 0.2) is 36.4 Å². The number of benzene rings is 1. The monoisotopic (exact) mass is 554 g/mol. The number of thiophene rings is 2. The summed E-state index contributed by atoms with van der Waals surface area (Å²) in [6.07, 6.45) is 2.97. The Morgan fingerprint density at radius 1 is 1.17 bits per heavy atom. The van der Waals surface area contributed by atoms with Crippen LogP contribution in [0.2, 0.25) is 5.02 Å². The van der Waals surface area contributed by atoms with Crippen LogP contribution in [0.5, 0.6) is 0 Å². The van der Waals surface area contributed by atoms with E-state index in [1.807, 2.05) is 30.3 Å². The number of amides is 1. The van der Waals surface area contributed by atoms with Gasteiger partial charge in [0.25, 0.3) is 0 Å². The van der Waals surface area contributed by atoms with Crippen molar-refractivity contribution in [2.75, 3.05) is 5.32 Å². The average molecular weight is 555 g/mol. The summed E-state index contributed by atoms with van der Waals surface area (Å²) in [5, 5.41) is 13.0. The summed E-state index contributed by atoms with van der Waals surface area (Å²) in [6, 6.07) is 11.2. The summed E-state index contributed by atoms with van der Waals surface area (Å²) in [5.74, 6) is 5.96. The number of nitrogens with zero attached hydrogens (tertiary/aromatic N) is 1. The molecule has 2 fully saturated rings. The third kappa shape index (κ3) is 4.50. The molecule has 2 N–H and O–H groups in total. The fraction of sp³-hybridized carbons (Fsp3) is 0.269. The molecule has 2 saturated carbocycles. The highest BCUT2D eigenvalue weighted by atomic mass is 35.5. The second-order valence-electron chi connectivity index (χ2n) is 8.92. The third-order valence-corrected chi connectivity index (χ3v) is 10.1. The van der Waals surface area contributed by atoms with Crippen molar-refractivity contribution in [1.82, 2.24) is 4.37 Å². The average Bonchev–Trinajstić information content (AvgIpc) is 3.75. The topological polar surface area (TPSA) is 88.5 Å². The van der Waals surface area contributed by atoms with E-state index in [1.165, 1.54) is 22.9 Å². The van der Waals surface area contributed by atoms with Crippen LogP contribution in [0.25, 0.3) is 9.40 Å². The molecule has 0 unspecified atom stereocenters. The van der Waals surface area contributed by atoms with E-state index in [1.54, 1.807) is 17.4 Å². The lowest BCUT2D eigenvalue weighted by Crippen LogP contribution is -2.17. The van der Waals surface area contributed by atoms with Crippen LogP contribution < -0.4 is 5.32 Å². The number of ether oxygens (including phenoxy) is 1. The Hall–Kier alpha value is -2.90. The van der Waals surface area contributed by atoms with Crippen LogP contribution in [0, 0.1) is 11.8 Å². The summed E-state index contributed by atoms with van der Waals surface area (Å²) in [7, 11) is 0. The second-order valence-corrected chi connectivity index (χ2v) is 12.3. The molecule has 0 saturated heterocycles. The summed E-state index contributed by atoms with van der Waals surface area (Å²) in [4.78, 5) is 27.0. The molecule has 0 atom stereocenters. The van der Waals surface area contributed by atoms with Gasteiger partial charge in [0.1, 0.15) is 12.0 Å². The largest absolute Gasteiger partial charge is 0.481 e. The zero-order valence-corrected chi connectivity index (χ0v) is 22.0. The number of carboxylic acid groups (broad SMARTS) is 1. The minimum atomic E-state index is -0.739. The number of carbonyl (C=O) groups is 2. The highest BCUT2D eigenvalue weighted by Gasteiger charge is 2.53. The maximum absolute atomic E-state index is 12.6. The quantitative estimate of drug-likeness (QED) is 0.246. The molecule has 36 heavy (non-hydrogen) atoms. The van der Waals surface area contributed by atoms with Gasteiger partial charge in [-0.25, -0.2) is 4.79 Å². The maximum Gasteiger partial charge on any atom is 0.412 e. The van der Waals surface area contributed by atoms with Gasteiger partial charge in [0, 0.05) is 24.9 Å². The number of aliphatic carboxylic acids is 1. The molecular formula is C26H19ClN2O4S3. The van der Waals surface area contributed by atoms with E-state index in [4.69, 9.17) is 16.3 Å². The first-order valence-electron chi connectivity index (χ1n) is 11.4. The molecule has 2 aliphatic carbocycles. The molecule has 6 rings (SSSR count). The Bertz CT molecular complexity index is 1530. The number of anilines is 1. The number of halogens is 1. The van der Waals surface area contributed by atoms with Gasteiger partial charge < -0.3 is 9.84 Å². The molecule has 3 aromatic heterocycles. The normalized spacial score (nSPS) is 15.8. The third-order valence-electron chi connectivity index (χ3n) is 6.35. The van der Waals surface area contributed by atoms with E-state index >= 15 is 0 Å². The van der Waals surface area contributed by atoms with E-state index < -0.39 is 17.5 Å². The van der Waals surface area contributed by atoms with Crippen LogP contribution >= 0.6 is 45.8 Å². The van der Waals surface area contributed by atoms with Gasteiger partial charge in [-0.3, -0.25) is 10.1 Å². The van der Waals surface area contributed by atoms with E-state index in [9.17, 15) is 14.7 Å². The number of rotatable bonds is 6. The van der Waals surface area contributed by atoms with Crippen LogP contribution in [0.4, 0.5) is 10.5 Å². The molecular weight excluding hydrogens is 536 g/mol. The molecule has 3 heterocycles. The smallest absolute Gasteiger partial charge is 0.412 e. The molecule has 1 amide bonds. The fourth-order valence-corrected chi connectivity index (χ4v) is 7.60. The number of carbonyl (C=O) groups excluding carboxylic acids is 1. The molecule has 0 aliphatic heterocycles. The highest BCUT2D eigenvalue weighted by molar-refractivity contribution is 7.28. The van der Waals surface area contributed by atoms with Crippen LogP contribution in [0.3, 0.4) is 0 Å². The first-order valence-corrected chi connectivity index (χ1v) is 14.2. The Kier molecular flexibility index (Phi) is 6.00. The van der Waals surface area contributed by atoms with E-state index in [0.29, 0.717) is 35.2 Å². The highest BCUT2D eigenvalue weighted by Crippen LogP contribution is 2.52. The van der Waals surface area contributed by atoms with Gasteiger partial charge in [0.05, 0.1) is 15.4 Å². The number of aromatic nitrogens is 1. The number of nitrogens with one attached hydrogen (secondary N) is 1. The Balaban J connectivity index is 1.20. The van der Waals surface area contributed by atoms with Crippen molar-refractivity contribution in [1.29, 1.82) is 0 Å². The van der Waals surface area contributed by atoms with Gasteiger partial charge in [-0.15, -0.1) is 22.7 Å². The summed E-state index contributed by atoms with van der Waals surface area (Å²) in [6.45, 7) is 0.0694. The summed E-state index contributed by atoms with van der Waals surface area (Å²) in [5.41, 5.74) is 1.20. The van der Waals surface area contributed by atoms with Crippen LogP contribution in [-0.2, 0) is 21.6 Å². The Labute approximate surface area is 224 Å². The molecule has 10 heteroatoms. The van der Waals surface area contributed by atoms with Gasteiger partial charge in [0.15, 0.2) is 5.69 Å². The zero-order chi connectivity index (χ0) is 24.9. The van der Waals surface area contributed by atoms with Crippen molar-refractivity contribution < 1.29 is 19.4 Å². The SMILES string of the molecule is O=C(Nc1c(C#Cc2cc3sc(C4(C(=O)O)CC4)cc3s2)nsc1C1CC1)OCc1ccccc1Cl. The van der Waals surface area contributed by atoms with Crippen LogP contribution in [-0.4, -0.2) is 21.5 Å². The van der Waals surface area contributed by atoms with Gasteiger partial charge in [-0.05, 0) is 73.2 Å². The maximum atomic E-state index is 12.6. The van der Waals surface area contributed by atoms with Crippen molar-refractivity contribution in [3.63, 3.8) is 0 Å². The first kappa shape index (κ1) is 23.5. The van der Waals surface area contributed by atoms with Gasteiger partial charge in [-0.1, -0.05) is 29.8 Å². The lowest BCUT2D eigenvalue weighted by atomic mass is 10.1. The van der Waals surface area contributed by atoms with E-state index in [0.717, 1.165) is 42.4 Å². The van der Waals surface area contributed by atoms with Gasteiger partial charge in [0.2, 0.25) is 0 Å². The van der Waals surface area contributed by atoms with Crippen molar-refractivity contribution in [3.8, 4) is 11.8 Å². The first-order chi connectivity index (χ1) is 17.4. The Morgan fingerprint density at radius 3 is 2.64 bits per heavy atom. The molecule has 0 spiro atoms. The molecule has 2 aliphatic rings. The molecule has 0 bridgehead atoms. The standard InChI is InChI=1S/C26H19ClN2O4S3/c27-17-4-2-1-3-15(17)13-33-25(32)28-22-18(29-36-23(22)14-5-6-14)8-7-16-11-19-20(34-16)12-21(35-19)26(9-10-26)24(30)31/h1-4,11-12,14H,5-6,9-10,13H2,(H,28,32)(H,30,31). The predicted octanol–water partition coefficient (Wildman–Crippen LogP) is 7.21. The minimum Gasteiger partial charge on any atom is -0.481 e. The number of carboxylic acids is 1. The molecule has 0 radical (unpaired) electrons. The molecule has 6 nitrogen and oxygen atoms in total. The lowest BCUT2D eigenvalue weighted by molar-refractivity contribution is -0.139. The molecule has 1 aromatic carbocycles. The fourth-order valence-electron chi connectivity index (χ4n) is 3.97. The number of hydrogen-bond acceptors (Lipinski definition) is 7. The molecule has 182 valence electrons. The van der Waals surface area contributed by atoms with Crippen molar-refractivity contribution >= 4 is 73.0 Å². The van der Waals surface area contributed by atoms with Crippen molar-refractivity contribution in [2.24, 2.45) is 0 Å². The second kappa shape index (κ2) is 9.20. The lowest BCUT2D eigenvalue weighted by Gasteiger charge is -2.08. The van der Waals surface area contributed by atoms with E-state index in [2.05, 4.69) is 21.5 Å². The summed E-state index contributed by atoms with van der Waals surface area (Å²) >= 11 is 10.6. The predicted molar refractivity (Wildman–Crippen MR) is 144 cm³/mol. The van der Waals surface area contributed by atoms with Gasteiger partial charge >= 0.3 is 12.1 Å².